The zero-order chi connectivity index (χ0) is 40.9. The molecule has 57 heavy (non-hydrogen) atoms. The van der Waals surface area contributed by atoms with Crippen molar-refractivity contribution in [1.82, 2.24) is 29.1 Å². The van der Waals surface area contributed by atoms with Gasteiger partial charge >= 0.3 is 5.69 Å². The number of likely N-dealkylation sites (N-methyl/N-ethyl adjacent to an activating group) is 1. The third-order valence-corrected chi connectivity index (χ3v) is 11.1. The number of aryl methyl sites for hydroxylation is 3. The number of benzene rings is 3. The Morgan fingerprint density at radius 3 is 2.46 bits per heavy atom. The lowest BCUT2D eigenvalue weighted by molar-refractivity contribution is -0.124. The monoisotopic (exact) mass is 861 g/mol. The second-order valence-electron chi connectivity index (χ2n) is 13.8. The largest absolute Gasteiger partial charge is 0.365 e. The number of carbonyl (C=O) groups is 3. The minimum absolute atomic E-state index is 0.199. The number of hydrogen-bond acceptors (Lipinski definition) is 10. The molecule has 0 radical (unpaired) electrons. The minimum atomic E-state index is -0.886. The standard InChI is InChI=1S/C41H49BrFN9O4S/c1-26-23-28(18-19-31(26)49-40-46-25-29(42)38(50-40)48-32-15-11-14-30(43)36(32)37(44)54)57-47-21-10-8-6-4-5-7-9-13-27-17-20-33-35(24-27)51(3)41(56)52(33)34(16-12-22-53)39(55)45-2/h11,14-15,17-20,22-25,34,47H,4-10,12-13,16,21H2,1-3H3,(H2,44,54)(H,45,55)(H2,46,48,49,50). The maximum absolute atomic E-state index is 14.3. The first kappa shape index (κ1) is 43.1. The summed E-state index contributed by atoms with van der Waals surface area (Å²) in [4.78, 5) is 58.5. The molecule has 0 aliphatic carbocycles. The fourth-order valence-electron chi connectivity index (χ4n) is 6.66. The Bertz CT molecular complexity index is 2260. The Morgan fingerprint density at radius 2 is 1.74 bits per heavy atom. The number of unbranched alkanes of at least 4 members (excludes halogenated alkanes) is 6. The number of amides is 2. The molecule has 0 aliphatic rings. The van der Waals surface area contributed by atoms with E-state index in [1.165, 1.54) is 43.0 Å². The highest BCUT2D eigenvalue weighted by Gasteiger charge is 2.25. The molecule has 0 fully saturated rings. The minimum Gasteiger partial charge on any atom is -0.365 e. The number of hydrogen-bond donors (Lipinski definition) is 5. The molecule has 2 heterocycles. The molecule has 1 atom stereocenters. The number of carbonyl (C=O) groups excluding carboxylic acids is 3. The molecule has 0 bridgehead atoms. The predicted molar refractivity (Wildman–Crippen MR) is 228 cm³/mol. The van der Waals surface area contributed by atoms with Crippen LogP contribution in [-0.2, 0) is 23.1 Å². The quantitative estimate of drug-likeness (QED) is 0.0263. The van der Waals surface area contributed by atoms with E-state index in [2.05, 4.69) is 52.6 Å². The van der Waals surface area contributed by atoms with E-state index in [1.54, 1.807) is 35.8 Å². The first-order chi connectivity index (χ1) is 27.5. The summed E-state index contributed by atoms with van der Waals surface area (Å²) in [6.45, 7) is 2.91. The van der Waals surface area contributed by atoms with Crippen LogP contribution in [0, 0.1) is 12.7 Å². The smallest absolute Gasteiger partial charge is 0.329 e. The maximum atomic E-state index is 14.3. The fourth-order valence-corrected chi connectivity index (χ4v) is 7.74. The molecular weight excluding hydrogens is 813 g/mol. The third-order valence-electron chi connectivity index (χ3n) is 9.71. The Hall–Kier alpha value is -5.06. The van der Waals surface area contributed by atoms with Crippen molar-refractivity contribution in [2.45, 2.75) is 82.1 Å². The van der Waals surface area contributed by atoms with E-state index in [0.717, 1.165) is 72.2 Å². The SMILES string of the molecule is CNC(=O)C(CCC=O)n1c(=O)n(C)c2cc(CCCCCCCCCNSc3ccc(Nc4ncc(Br)c(Nc5cccc(F)c5C(N)=O)n4)c(C)c3)ccc21. The van der Waals surface area contributed by atoms with E-state index >= 15 is 0 Å². The van der Waals surface area contributed by atoms with Gasteiger partial charge in [0.25, 0.3) is 5.91 Å². The number of aldehydes is 1. The normalized spacial score (nSPS) is 11.7. The molecule has 0 spiro atoms. The highest BCUT2D eigenvalue weighted by atomic mass is 79.9. The number of rotatable bonds is 22. The number of halogens is 2. The molecule has 302 valence electrons. The zero-order valence-electron chi connectivity index (χ0n) is 32.4. The number of aromatic nitrogens is 4. The Morgan fingerprint density at radius 1 is 0.982 bits per heavy atom. The van der Waals surface area contributed by atoms with E-state index in [4.69, 9.17) is 5.73 Å². The van der Waals surface area contributed by atoms with Crippen molar-refractivity contribution in [3.8, 4) is 0 Å². The van der Waals surface area contributed by atoms with Crippen LogP contribution in [-0.4, -0.2) is 50.8 Å². The molecule has 6 N–H and O–H groups in total. The third kappa shape index (κ3) is 11.3. The molecule has 2 aromatic heterocycles. The Labute approximate surface area is 344 Å². The lowest BCUT2D eigenvalue weighted by Crippen LogP contribution is -2.36. The van der Waals surface area contributed by atoms with Gasteiger partial charge in [0.1, 0.15) is 24.0 Å². The number of anilines is 4. The zero-order valence-corrected chi connectivity index (χ0v) is 34.8. The first-order valence-corrected chi connectivity index (χ1v) is 20.6. The van der Waals surface area contributed by atoms with E-state index in [9.17, 15) is 23.6 Å². The number of nitrogens with two attached hydrogens (primary N) is 1. The maximum Gasteiger partial charge on any atom is 0.329 e. The Kier molecular flexibility index (Phi) is 15.8. The summed E-state index contributed by atoms with van der Waals surface area (Å²) in [5.74, 6) is -1.23. The summed E-state index contributed by atoms with van der Waals surface area (Å²) < 4.78 is 21.3. The van der Waals surface area contributed by atoms with Crippen LogP contribution in [0.15, 0.2) is 75.0 Å². The van der Waals surface area contributed by atoms with Crippen LogP contribution in [0.4, 0.5) is 27.5 Å². The molecule has 16 heteroatoms. The van der Waals surface area contributed by atoms with Crippen LogP contribution in [0.5, 0.6) is 0 Å². The average molecular weight is 863 g/mol. The Balaban J connectivity index is 0.991. The molecule has 5 rings (SSSR count). The molecule has 0 aliphatic heterocycles. The van der Waals surface area contributed by atoms with Crippen molar-refractivity contribution in [2.75, 3.05) is 24.2 Å². The van der Waals surface area contributed by atoms with Crippen molar-refractivity contribution >= 4 is 80.2 Å². The molecule has 3 aromatic carbocycles. The van der Waals surface area contributed by atoms with Crippen LogP contribution in [0.3, 0.4) is 0 Å². The highest BCUT2D eigenvalue weighted by Crippen LogP contribution is 2.30. The van der Waals surface area contributed by atoms with Gasteiger partial charge in [0.2, 0.25) is 11.9 Å². The van der Waals surface area contributed by atoms with Gasteiger partial charge in [0.05, 0.1) is 26.8 Å². The van der Waals surface area contributed by atoms with Gasteiger partial charge in [0.15, 0.2) is 0 Å². The van der Waals surface area contributed by atoms with Gasteiger partial charge in [-0.05, 0) is 114 Å². The number of nitrogens with zero attached hydrogens (tertiary/aromatic N) is 4. The van der Waals surface area contributed by atoms with E-state index in [0.29, 0.717) is 21.8 Å². The van der Waals surface area contributed by atoms with Crippen LogP contribution in [0.25, 0.3) is 11.0 Å². The average Bonchev–Trinajstić information content (AvgIpc) is 3.43. The lowest BCUT2D eigenvalue weighted by atomic mass is 10.0. The molecule has 0 saturated heterocycles. The van der Waals surface area contributed by atoms with Crippen LogP contribution >= 0.6 is 27.9 Å². The molecule has 13 nitrogen and oxygen atoms in total. The van der Waals surface area contributed by atoms with Crippen LogP contribution in [0.1, 0.15) is 85.3 Å². The molecule has 0 saturated carbocycles. The van der Waals surface area contributed by atoms with Gasteiger partial charge in [-0.2, -0.15) is 4.98 Å². The number of imidazole rings is 1. The van der Waals surface area contributed by atoms with Gasteiger partial charge in [-0.1, -0.05) is 44.2 Å². The molecule has 1 unspecified atom stereocenters. The summed E-state index contributed by atoms with van der Waals surface area (Å²) in [6.07, 6.45) is 11.7. The number of nitrogens with one attached hydrogen (secondary N) is 4. The van der Waals surface area contributed by atoms with Crippen molar-refractivity contribution in [1.29, 1.82) is 0 Å². The van der Waals surface area contributed by atoms with E-state index in [1.807, 2.05) is 37.3 Å². The summed E-state index contributed by atoms with van der Waals surface area (Å²) in [5.41, 5.74) is 9.57. The second-order valence-corrected chi connectivity index (χ2v) is 15.6. The predicted octanol–water partition coefficient (Wildman–Crippen LogP) is 7.76. The van der Waals surface area contributed by atoms with Gasteiger partial charge in [-0.25, -0.2) is 14.2 Å². The number of primary amides is 1. The number of fused-ring (bicyclic) bond motifs is 1. The topological polar surface area (TPSA) is 178 Å². The summed E-state index contributed by atoms with van der Waals surface area (Å²) >= 11 is 5.00. The molecular formula is C41H49BrFN9O4S. The van der Waals surface area contributed by atoms with Gasteiger partial charge in [-0.15, -0.1) is 0 Å². The summed E-state index contributed by atoms with van der Waals surface area (Å²) in [6, 6.07) is 15.5. The summed E-state index contributed by atoms with van der Waals surface area (Å²) in [7, 11) is 3.26. The van der Waals surface area contributed by atoms with Crippen LogP contribution in [0.2, 0.25) is 0 Å². The van der Waals surface area contributed by atoms with E-state index < -0.39 is 17.8 Å². The second kappa shape index (κ2) is 20.9. The lowest BCUT2D eigenvalue weighted by Gasteiger charge is -2.16. The van der Waals surface area contributed by atoms with E-state index in [-0.39, 0.29) is 35.7 Å². The first-order valence-electron chi connectivity index (χ1n) is 19.0. The van der Waals surface area contributed by atoms with Crippen molar-refractivity contribution < 1.29 is 18.8 Å². The molecule has 5 aromatic rings. The van der Waals surface area contributed by atoms with Gasteiger partial charge in [0, 0.05) is 43.8 Å². The summed E-state index contributed by atoms with van der Waals surface area (Å²) in [5, 5.41) is 8.83. The van der Waals surface area contributed by atoms with Crippen molar-refractivity contribution in [2.24, 2.45) is 12.8 Å². The van der Waals surface area contributed by atoms with Crippen molar-refractivity contribution in [3.63, 3.8) is 0 Å². The van der Waals surface area contributed by atoms with Gasteiger partial charge in [-0.3, -0.25) is 23.4 Å². The fraction of sp³-hybridized carbons (Fsp3) is 0.366. The van der Waals surface area contributed by atoms with Crippen molar-refractivity contribution in [3.05, 3.63) is 98.3 Å². The van der Waals surface area contributed by atoms with Crippen LogP contribution < -0.4 is 32.1 Å². The van der Waals surface area contributed by atoms with Gasteiger partial charge < -0.3 is 26.5 Å². The molecule has 2 amide bonds. The highest BCUT2D eigenvalue weighted by molar-refractivity contribution is 9.10.